The van der Waals surface area contributed by atoms with Crippen molar-refractivity contribution in [2.75, 3.05) is 6.61 Å². The smallest absolute Gasteiger partial charge is 0.244 e. The van der Waals surface area contributed by atoms with Crippen LogP contribution in [0.15, 0.2) is 30.3 Å². The van der Waals surface area contributed by atoms with Crippen molar-refractivity contribution in [2.45, 2.75) is 32.2 Å². The Morgan fingerprint density at radius 1 is 1.53 bits per heavy atom. The van der Waals surface area contributed by atoms with Crippen LogP contribution in [0.5, 0.6) is 0 Å². The monoisotopic (exact) mass is 259 g/mol. The Bertz CT molecular complexity index is 491. The van der Waals surface area contributed by atoms with E-state index in [0.717, 1.165) is 18.4 Å². The molecule has 3 heteroatoms. The molecule has 1 aromatic rings. The fourth-order valence-corrected chi connectivity index (χ4v) is 2.26. The van der Waals surface area contributed by atoms with E-state index in [-0.39, 0.29) is 12.5 Å². The predicted molar refractivity (Wildman–Crippen MR) is 76.6 cm³/mol. The second-order valence-electron chi connectivity index (χ2n) is 5.59. The van der Waals surface area contributed by atoms with Crippen molar-refractivity contribution >= 4 is 12.0 Å². The third kappa shape index (κ3) is 3.67. The van der Waals surface area contributed by atoms with Crippen LogP contribution in [0.25, 0.3) is 6.08 Å². The lowest BCUT2D eigenvalue weighted by atomic mass is 9.97. The minimum Gasteiger partial charge on any atom is -0.394 e. The molecule has 0 radical (unpaired) electrons. The van der Waals surface area contributed by atoms with Crippen molar-refractivity contribution in [1.82, 2.24) is 5.32 Å². The lowest BCUT2D eigenvalue weighted by Gasteiger charge is -2.28. The molecular weight excluding hydrogens is 238 g/mol. The molecule has 0 bridgehead atoms. The average Bonchev–Trinajstić information content (AvgIpc) is 3.21. The van der Waals surface area contributed by atoms with E-state index in [1.807, 2.05) is 38.1 Å². The highest BCUT2D eigenvalue weighted by atomic mass is 16.3. The van der Waals surface area contributed by atoms with Crippen LogP contribution in [-0.2, 0) is 4.79 Å². The van der Waals surface area contributed by atoms with E-state index in [4.69, 9.17) is 0 Å². The van der Waals surface area contributed by atoms with Crippen molar-refractivity contribution in [3.8, 4) is 0 Å². The molecular formula is C16H21NO2. The van der Waals surface area contributed by atoms with Crippen molar-refractivity contribution in [3.05, 3.63) is 41.5 Å². The number of rotatable bonds is 5. The number of aliphatic hydroxyl groups excluding tert-OH is 1. The number of benzene rings is 1. The van der Waals surface area contributed by atoms with Gasteiger partial charge in [-0.2, -0.15) is 0 Å². The lowest BCUT2D eigenvalue weighted by Crippen LogP contribution is -2.50. The van der Waals surface area contributed by atoms with Crippen molar-refractivity contribution in [2.24, 2.45) is 5.92 Å². The van der Waals surface area contributed by atoms with Gasteiger partial charge in [0.15, 0.2) is 0 Å². The first-order valence-electron chi connectivity index (χ1n) is 6.71. The summed E-state index contributed by atoms with van der Waals surface area (Å²) in [4.78, 5) is 11.9. The number of hydrogen-bond acceptors (Lipinski definition) is 2. The molecule has 1 aromatic carbocycles. The van der Waals surface area contributed by atoms with Gasteiger partial charge in [-0.25, -0.2) is 0 Å². The van der Waals surface area contributed by atoms with Crippen LogP contribution >= 0.6 is 0 Å². The van der Waals surface area contributed by atoms with Gasteiger partial charge < -0.3 is 10.4 Å². The normalized spacial score (nSPS) is 18.3. The summed E-state index contributed by atoms with van der Waals surface area (Å²) in [6.07, 6.45) is 5.50. The van der Waals surface area contributed by atoms with Crippen LogP contribution in [0.2, 0.25) is 0 Å². The Labute approximate surface area is 114 Å². The molecule has 1 atom stereocenters. The molecule has 0 spiro atoms. The largest absolute Gasteiger partial charge is 0.394 e. The number of carbonyl (C=O) groups excluding carboxylic acids is 1. The zero-order valence-electron chi connectivity index (χ0n) is 11.5. The topological polar surface area (TPSA) is 49.3 Å². The molecule has 102 valence electrons. The molecule has 0 heterocycles. The van der Waals surface area contributed by atoms with E-state index >= 15 is 0 Å². The second-order valence-corrected chi connectivity index (χ2v) is 5.59. The highest BCUT2D eigenvalue weighted by Gasteiger charge is 2.41. The van der Waals surface area contributed by atoms with E-state index < -0.39 is 5.54 Å². The second kappa shape index (κ2) is 5.57. The molecule has 1 amide bonds. The van der Waals surface area contributed by atoms with Crippen LogP contribution < -0.4 is 5.32 Å². The van der Waals surface area contributed by atoms with Crippen molar-refractivity contribution in [1.29, 1.82) is 0 Å². The van der Waals surface area contributed by atoms with E-state index in [1.165, 1.54) is 11.6 Å². The summed E-state index contributed by atoms with van der Waals surface area (Å²) < 4.78 is 0. The number of nitrogens with one attached hydrogen (secondary N) is 1. The van der Waals surface area contributed by atoms with Gasteiger partial charge in [0.05, 0.1) is 12.1 Å². The quantitative estimate of drug-likeness (QED) is 0.797. The summed E-state index contributed by atoms with van der Waals surface area (Å²) in [6.45, 7) is 3.91. The van der Waals surface area contributed by atoms with Gasteiger partial charge in [0.2, 0.25) is 5.91 Å². The van der Waals surface area contributed by atoms with Crippen molar-refractivity contribution < 1.29 is 9.90 Å². The third-order valence-electron chi connectivity index (χ3n) is 3.68. The maximum atomic E-state index is 11.9. The molecule has 19 heavy (non-hydrogen) atoms. The molecule has 1 unspecified atom stereocenters. The van der Waals surface area contributed by atoms with Gasteiger partial charge in [0.1, 0.15) is 0 Å². The highest BCUT2D eigenvalue weighted by Crippen LogP contribution is 2.39. The third-order valence-corrected chi connectivity index (χ3v) is 3.68. The maximum absolute atomic E-state index is 11.9. The first-order chi connectivity index (χ1) is 9.03. The number of aliphatic hydroxyl groups is 1. The number of aryl methyl sites for hydroxylation is 1. The molecule has 3 nitrogen and oxygen atoms in total. The van der Waals surface area contributed by atoms with Gasteiger partial charge in [-0.3, -0.25) is 4.79 Å². The minimum atomic E-state index is -0.478. The van der Waals surface area contributed by atoms with Gasteiger partial charge in [0.25, 0.3) is 0 Å². The maximum Gasteiger partial charge on any atom is 0.244 e. The summed E-state index contributed by atoms with van der Waals surface area (Å²) in [5.74, 6) is 0.263. The summed E-state index contributed by atoms with van der Waals surface area (Å²) in [5, 5.41) is 12.3. The van der Waals surface area contributed by atoms with Crippen LogP contribution in [0, 0.1) is 12.8 Å². The molecule has 1 saturated carbocycles. The zero-order valence-corrected chi connectivity index (χ0v) is 11.5. The first kappa shape index (κ1) is 13.8. The van der Waals surface area contributed by atoms with Crippen LogP contribution in [-0.4, -0.2) is 23.2 Å². The van der Waals surface area contributed by atoms with E-state index in [0.29, 0.717) is 5.92 Å². The number of hydrogen-bond donors (Lipinski definition) is 2. The lowest BCUT2D eigenvalue weighted by molar-refractivity contribution is -0.119. The summed E-state index contributed by atoms with van der Waals surface area (Å²) in [5.41, 5.74) is 1.70. The van der Waals surface area contributed by atoms with Gasteiger partial charge in [0, 0.05) is 6.08 Å². The Kier molecular flexibility index (Phi) is 4.05. The minimum absolute atomic E-state index is 0.0122. The predicted octanol–water partition coefficient (Wildman–Crippen LogP) is 2.29. The van der Waals surface area contributed by atoms with Gasteiger partial charge in [-0.05, 0) is 44.2 Å². The molecule has 2 rings (SSSR count). The molecule has 2 N–H and O–H groups in total. The standard InChI is InChI=1S/C16H21NO2/c1-12-4-3-5-13(10-12)6-9-15(19)17-16(2,11-18)14-7-8-14/h3-6,9-10,14,18H,7-8,11H2,1-2H3,(H,17,19)/b9-6+. The summed E-state index contributed by atoms with van der Waals surface area (Å²) in [7, 11) is 0. The summed E-state index contributed by atoms with van der Waals surface area (Å²) >= 11 is 0. The van der Waals surface area contributed by atoms with Gasteiger partial charge >= 0.3 is 0 Å². The molecule has 0 saturated heterocycles. The van der Waals surface area contributed by atoms with Crippen LogP contribution in [0.4, 0.5) is 0 Å². The molecule has 0 aromatic heterocycles. The van der Waals surface area contributed by atoms with Crippen LogP contribution in [0.3, 0.4) is 0 Å². The van der Waals surface area contributed by atoms with E-state index in [1.54, 1.807) is 6.08 Å². The first-order valence-corrected chi connectivity index (χ1v) is 6.71. The summed E-state index contributed by atoms with van der Waals surface area (Å²) in [6, 6.07) is 7.97. The number of amides is 1. The molecule has 1 fully saturated rings. The molecule has 0 aliphatic heterocycles. The van der Waals surface area contributed by atoms with Gasteiger partial charge in [-0.15, -0.1) is 0 Å². The zero-order chi connectivity index (χ0) is 13.9. The van der Waals surface area contributed by atoms with Crippen molar-refractivity contribution in [3.63, 3.8) is 0 Å². The Hall–Kier alpha value is -1.61. The molecule has 1 aliphatic rings. The Morgan fingerprint density at radius 2 is 2.26 bits per heavy atom. The van der Waals surface area contributed by atoms with E-state index in [9.17, 15) is 9.90 Å². The SMILES string of the molecule is Cc1cccc(/C=C/C(=O)NC(C)(CO)C2CC2)c1. The fraction of sp³-hybridized carbons (Fsp3) is 0.438. The van der Waals surface area contributed by atoms with E-state index in [2.05, 4.69) is 5.32 Å². The fourth-order valence-electron chi connectivity index (χ4n) is 2.26. The van der Waals surface area contributed by atoms with Gasteiger partial charge in [-0.1, -0.05) is 29.8 Å². The van der Waals surface area contributed by atoms with Crippen LogP contribution in [0.1, 0.15) is 30.9 Å². The Balaban J connectivity index is 1.97. The highest BCUT2D eigenvalue weighted by molar-refractivity contribution is 5.92. The molecule has 1 aliphatic carbocycles. The number of carbonyl (C=O) groups is 1. The average molecular weight is 259 g/mol. The Morgan fingerprint density at radius 3 is 2.84 bits per heavy atom.